The van der Waals surface area contributed by atoms with E-state index < -0.39 is 11.8 Å². The van der Waals surface area contributed by atoms with Gasteiger partial charge in [-0.3, -0.25) is 9.89 Å². The first-order valence-corrected chi connectivity index (χ1v) is 7.10. The van der Waals surface area contributed by atoms with Crippen molar-refractivity contribution < 1.29 is 13.6 Å². The van der Waals surface area contributed by atoms with Gasteiger partial charge >= 0.3 is 0 Å². The van der Waals surface area contributed by atoms with Gasteiger partial charge in [0, 0.05) is 36.6 Å². The molecule has 0 spiro atoms. The number of alkyl halides is 2. The fourth-order valence-electron chi connectivity index (χ4n) is 2.60. The van der Waals surface area contributed by atoms with E-state index in [1.165, 1.54) is 18.2 Å². The number of aromatic nitrogens is 3. The minimum Gasteiger partial charge on any atom is -0.338 e. The third kappa shape index (κ3) is 2.70. The Balaban J connectivity index is 1.80. The number of hydrogen-bond donors (Lipinski definition) is 1. The summed E-state index contributed by atoms with van der Waals surface area (Å²) in [6, 6.07) is 6.93. The van der Waals surface area contributed by atoms with Crippen molar-refractivity contribution >= 4 is 5.91 Å². The highest BCUT2D eigenvalue weighted by atomic mass is 19.3. The van der Waals surface area contributed by atoms with E-state index in [-0.39, 0.29) is 25.4 Å². The lowest BCUT2D eigenvalue weighted by atomic mass is 9.95. The Labute approximate surface area is 126 Å². The van der Waals surface area contributed by atoms with Gasteiger partial charge in [0.15, 0.2) is 5.82 Å². The van der Waals surface area contributed by atoms with Gasteiger partial charge in [0.1, 0.15) is 6.33 Å². The minimum absolute atomic E-state index is 0.0678. The van der Waals surface area contributed by atoms with Crippen molar-refractivity contribution in [3.8, 4) is 11.4 Å². The van der Waals surface area contributed by atoms with Crippen LogP contribution in [-0.4, -0.2) is 45.0 Å². The van der Waals surface area contributed by atoms with Gasteiger partial charge in [-0.2, -0.15) is 5.10 Å². The molecule has 1 aliphatic rings. The summed E-state index contributed by atoms with van der Waals surface area (Å²) in [6.45, 7) is 1.62. The van der Waals surface area contributed by atoms with Gasteiger partial charge in [-0.15, -0.1) is 0 Å². The molecule has 7 heteroatoms. The minimum atomic E-state index is -2.70. The topological polar surface area (TPSA) is 61.9 Å². The second-order valence-electron chi connectivity index (χ2n) is 5.58. The zero-order valence-electron chi connectivity index (χ0n) is 12.1. The number of likely N-dealkylation sites (tertiary alicyclic amines) is 1. The molecule has 1 N–H and O–H groups in total. The Bertz CT molecular complexity index is 672. The lowest BCUT2D eigenvalue weighted by Gasteiger charge is -2.36. The molecule has 0 bridgehead atoms. The van der Waals surface area contributed by atoms with Gasteiger partial charge in [-0.1, -0.05) is 19.1 Å². The summed E-state index contributed by atoms with van der Waals surface area (Å²) < 4.78 is 27.1. The molecule has 0 saturated carbocycles. The standard InChI is InChI=1S/C15H16F2N4O/c1-10-8-21(6-5-15(10,16)17)14(22)12-4-2-3-11(7-12)13-18-9-19-20-13/h2-4,7,9-10H,5-6,8H2,1H3,(H,18,19,20). The smallest absolute Gasteiger partial charge is 0.254 e. The van der Waals surface area contributed by atoms with E-state index in [1.54, 1.807) is 18.2 Å². The largest absolute Gasteiger partial charge is 0.338 e. The summed E-state index contributed by atoms with van der Waals surface area (Å²) in [6.07, 6.45) is 1.10. The van der Waals surface area contributed by atoms with Crippen LogP contribution in [0.4, 0.5) is 8.78 Å². The van der Waals surface area contributed by atoms with Crippen molar-refractivity contribution in [2.24, 2.45) is 5.92 Å². The van der Waals surface area contributed by atoms with Crippen molar-refractivity contribution in [1.29, 1.82) is 0 Å². The Kier molecular flexibility index (Phi) is 3.64. The van der Waals surface area contributed by atoms with Gasteiger partial charge in [0.2, 0.25) is 0 Å². The molecule has 116 valence electrons. The molecule has 1 saturated heterocycles. The lowest BCUT2D eigenvalue weighted by Crippen LogP contribution is -2.48. The summed E-state index contributed by atoms with van der Waals surface area (Å²) in [5.41, 5.74) is 1.20. The first kappa shape index (κ1) is 14.6. The van der Waals surface area contributed by atoms with Gasteiger partial charge < -0.3 is 4.90 Å². The average Bonchev–Trinajstić information content (AvgIpc) is 3.04. The molecule has 2 aromatic rings. The molecule has 5 nitrogen and oxygen atoms in total. The van der Waals surface area contributed by atoms with Crippen LogP contribution in [0.1, 0.15) is 23.7 Å². The number of halogens is 2. The van der Waals surface area contributed by atoms with E-state index in [0.717, 1.165) is 5.56 Å². The van der Waals surface area contributed by atoms with Crippen LogP contribution in [0, 0.1) is 5.92 Å². The summed E-state index contributed by atoms with van der Waals surface area (Å²) in [5, 5.41) is 6.51. The number of aromatic amines is 1. The summed E-state index contributed by atoms with van der Waals surface area (Å²) >= 11 is 0. The third-order valence-corrected chi connectivity index (χ3v) is 4.02. The van der Waals surface area contributed by atoms with Crippen LogP contribution < -0.4 is 0 Å². The fraction of sp³-hybridized carbons (Fsp3) is 0.400. The Morgan fingerprint density at radius 3 is 2.95 bits per heavy atom. The number of piperidine rings is 1. The number of nitrogens with zero attached hydrogens (tertiary/aromatic N) is 3. The molecular weight excluding hydrogens is 290 g/mol. The normalized spacial score (nSPS) is 20.9. The predicted molar refractivity (Wildman–Crippen MR) is 76.5 cm³/mol. The van der Waals surface area contributed by atoms with Gasteiger partial charge in [-0.05, 0) is 12.1 Å². The molecule has 1 aliphatic heterocycles. The number of carbonyl (C=O) groups is 1. The van der Waals surface area contributed by atoms with Gasteiger partial charge in [0.25, 0.3) is 11.8 Å². The van der Waals surface area contributed by atoms with E-state index in [4.69, 9.17) is 0 Å². The Morgan fingerprint density at radius 2 is 2.27 bits per heavy atom. The molecular formula is C15H16F2N4O. The van der Waals surface area contributed by atoms with Crippen molar-refractivity contribution in [3.63, 3.8) is 0 Å². The Morgan fingerprint density at radius 1 is 1.45 bits per heavy atom. The van der Waals surface area contributed by atoms with E-state index >= 15 is 0 Å². The van der Waals surface area contributed by atoms with Crippen LogP contribution in [0.5, 0.6) is 0 Å². The molecule has 1 aromatic carbocycles. The maximum absolute atomic E-state index is 13.5. The fourth-order valence-corrected chi connectivity index (χ4v) is 2.60. The number of benzene rings is 1. The molecule has 1 unspecified atom stereocenters. The van der Waals surface area contributed by atoms with Crippen LogP contribution >= 0.6 is 0 Å². The third-order valence-electron chi connectivity index (χ3n) is 4.02. The number of nitrogens with one attached hydrogen (secondary N) is 1. The molecule has 1 atom stereocenters. The number of carbonyl (C=O) groups excluding carboxylic acids is 1. The van der Waals surface area contributed by atoms with Gasteiger partial charge in [-0.25, -0.2) is 13.8 Å². The zero-order chi connectivity index (χ0) is 15.7. The second-order valence-corrected chi connectivity index (χ2v) is 5.58. The predicted octanol–water partition coefficient (Wildman–Crippen LogP) is 2.59. The van der Waals surface area contributed by atoms with Crippen LogP contribution in [0.3, 0.4) is 0 Å². The quantitative estimate of drug-likeness (QED) is 0.927. The molecule has 3 rings (SSSR count). The van der Waals surface area contributed by atoms with Crippen molar-refractivity contribution in [2.75, 3.05) is 13.1 Å². The van der Waals surface area contributed by atoms with Crippen molar-refractivity contribution in [1.82, 2.24) is 20.1 Å². The molecule has 0 aliphatic carbocycles. The number of amides is 1. The maximum Gasteiger partial charge on any atom is 0.254 e. The van der Waals surface area contributed by atoms with E-state index in [9.17, 15) is 13.6 Å². The second kappa shape index (κ2) is 5.47. The molecule has 2 heterocycles. The Hall–Kier alpha value is -2.31. The van der Waals surface area contributed by atoms with Gasteiger partial charge in [0.05, 0.1) is 0 Å². The van der Waals surface area contributed by atoms with E-state index in [1.807, 2.05) is 6.07 Å². The van der Waals surface area contributed by atoms with E-state index in [2.05, 4.69) is 15.2 Å². The number of H-pyrrole nitrogens is 1. The summed E-state index contributed by atoms with van der Waals surface area (Å²) in [7, 11) is 0. The van der Waals surface area contributed by atoms with Crippen LogP contribution in [-0.2, 0) is 0 Å². The molecule has 1 amide bonds. The average molecular weight is 306 g/mol. The number of rotatable bonds is 2. The highest BCUT2D eigenvalue weighted by Gasteiger charge is 2.42. The SMILES string of the molecule is CC1CN(C(=O)c2cccc(-c3ncn[nH]3)c2)CCC1(F)F. The molecule has 22 heavy (non-hydrogen) atoms. The van der Waals surface area contributed by atoms with Crippen molar-refractivity contribution in [3.05, 3.63) is 36.2 Å². The van der Waals surface area contributed by atoms with Crippen LogP contribution in [0.15, 0.2) is 30.6 Å². The molecule has 0 radical (unpaired) electrons. The molecule has 1 fully saturated rings. The van der Waals surface area contributed by atoms with Crippen LogP contribution in [0.2, 0.25) is 0 Å². The summed E-state index contributed by atoms with van der Waals surface area (Å²) in [4.78, 5) is 18.0. The maximum atomic E-state index is 13.5. The monoisotopic (exact) mass is 306 g/mol. The van der Waals surface area contributed by atoms with Crippen molar-refractivity contribution in [2.45, 2.75) is 19.3 Å². The number of hydrogen-bond acceptors (Lipinski definition) is 3. The lowest BCUT2D eigenvalue weighted by molar-refractivity contribution is -0.0921. The first-order valence-electron chi connectivity index (χ1n) is 7.10. The van der Waals surface area contributed by atoms with E-state index in [0.29, 0.717) is 11.4 Å². The first-order chi connectivity index (χ1) is 10.5. The highest BCUT2D eigenvalue weighted by Crippen LogP contribution is 2.33. The zero-order valence-corrected chi connectivity index (χ0v) is 12.1. The molecule has 1 aromatic heterocycles. The van der Waals surface area contributed by atoms with Crippen LogP contribution in [0.25, 0.3) is 11.4 Å². The highest BCUT2D eigenvalue weighted by molar-refractivity contribution is 5.95. The summed E-state index contributed by atoms with van der Waals surface area (Å²) in [5.74, 6) is -3.20.